The maximum atomic E-state index is 12.8. The number of oxazole rings is 1. The Morgan fingerprint density at radius 2 is 1.82 bits per heavy atom. The highest BCUT2D eigenvalue weighted by Gasteiger charge is 2.31. The lowest BCUT2D eigenvalue weighted by molar-refractivity contribution is -0.152. The van der Waals surface area contributed by atoms with E-state index in [1.165, 1.54) is 26.0 Å². The second-order valence-corrected chi connectivity index (χ2v) is 8.16. The van der Waals surface area contributed by atoms with Crippen LogP contribution in [-0.2, 0) is 17.5 Å². The molecule has 33 heavy (non-hydrogen) atoms. The van der Waals surface area contributed by atoms with Gasteiger partial charge in [-0.25, -0.2) is 9.78 Å². The molecule has 6 nitrogen and oxygen atoms in total. The topological polar surface area (TPSA) is 77.5 Å². The van der Waals surface area contributed by atoms with Crippen molar-refractivity contribution < 1.29 is 32.2 Å². The van der Waals surface area contributed by atoms with Gasteiger partial charge in [-0.1, -0.05) is 12.1 Å². The van der Waals surface area contributed by atoms with E-state index in [4.69, 9.17) is 9.15 Å². The van der Waals surface area contributed by atoms with Gasteiger partial charge in [-0.15, -0.1) is 0 Å². The van der Waals surface area contributed by atoms with E-state index in [9.17, 15) is 23.1 Å². The van der Waals surface area contributed by atoms with E-state index in [0.717, 1.165) is 17.5 Å². The van der Waals surface area contributed by atoms with Crippen molar-refractivity contribution in [3.63, 3.8) is 0 Å². The second-order valence-electron chi connectivity index (χ2n) is 8.16. The lowest BCUT2D eigenvalue weighted by Crippen LogP contribution is -2.38. The van der Waals surface area contributed by atoms with Gasteiger partial charge in [0.2, 0.25) is 5.89 Å². The maximum Gasteiger partial charge on any atom is 0.416 e. The van der Waals surface area contributed by atoms with E-state index >= 15 is 0 Å². The monoisotopic (exact) mass is 458 g/mol. The number of aliphatic carboxylic acids is 1. The summed E-state index contributed by atoms with van der Waals surface area (Å²) in [5.74, 6) is 0.0563. The molecule has 0 bridgehead atoms. The molecule has 1 N–H and O–H groups in total. The molecule has 0 saturated heterocycles. The fraction of sp³-hybridized carbons (Fsp3) is 0.250. The molecule has 0 amide bonds. The number of fused-ring (bicyclic) bond motifs is 1. The number of aromatic nitrogens is 2. The number of ether oxygens (including phenoxy) is 1. The Bertz CT molecular complexity index is 1320. The zero-order valence-electron chi connectivity index (χ0n) is 18.1. The summed E-state index contributed by atoms with van der Waals surface area (Å²) < 4.78 is 52.0. The number of nitrogens with zero attached hydrogens (tertiary/aromatic N) is 2. The largest absolute Gasteiger partial charge is 0.478 e. The van der Waals surface area contributed by atoms with Crippen LogP contribution in [0.5, 0.6) is 5.75 Å². The number of halogens is 3. The van der Waals surface area contributed by atoms with Gasteiger partial charge in [0.15, 0.2) is 5.60 Å². The third-order valence-electron chi connectivity index (χ3n) is 5.30. The van der Waals surface area contributed by atoms with Crippen LogP contribution in [0.4, 0.5) is 13.2 Å². The highest BCUT2D eigenvalue weighted by Crippen LogP contribution is 2.33. The van der Waals surface area contributed by atoms with E-state index in [1.807, 2.05) is 22.9 Å². The first-order valence-electron chi connectivity index (χ1n) is 10.1. The van der Waals surface area contributed by atoms with Crippen molar-refractivity contribution in [3.8, 4) is 17.2 Å². The number of benzene rings is 2. The number of hydrogen-bond acceptors (Lipinski definition) is 4. The molecule has 4 rings (SSSR count). The number of carboxylic acids is 1. The van der Waals surface area contributed by atoms with Crippen molar-refractivity contribution in [1.82, 2.24) is 9.55 Å². The summed E-state index contributed by atoms with van der Waals surface area (Å²) in [5, 5.41) is 10.3. The normalized spacial score (nSPS) is 12.3. The quantitative estimate of drug-likeness (QED) is 0.388. The van der Waals surface area contributed by atoms with E-state index in [0.29, 0.717) is 28.3 Å². The first kappa shape index (κ1) is 22.4. The smallest absolute Gasteiger partial charge is 0.416 e. The summed E-state index contributed by atoms with van der Waals surface area (Å²) >= 11 is 0. The van der Waals surface area contributed by atoms with Gasteiger partial charge < -0.3 is 18.8 Å². The molecule has 2 heterocycles. The standard InChI is InChI=1S/C24H21F3N2O4/c1-14-19(32-21(28-14)16-7-9-17(10-8-16)24(25,26)27)13-29-12-11-15-5-4-6-18(20(15)29)33-23(2,3)22(30)31/h4-12H,13H2,1-3H3,(H,30,31). The van der Waals surface area contributed by atoms with Crippen LogP contribution in [0.15, 0.2) is 59.1 Å². The molecular weight excluding hydrogens is 437 g/mol. The molecule has 0 saturated carbocycles. The van der Waals surface area contributed by atoms with E-state index in [2.05, 4.69) is 4.98 Å². The maximum absolute atomic E-state index is 12.8. The Hall–Kier alpha value is -3.75. The van der Waals surface area contributed by atoms with Crippen LogP contribution in [0.25, 0.3) is 22.4 Å². The molecule has 4 aromatic rings. The van der Waals surface area contributed by atoms with Crippen molar-refractivity contribution in [2.45, 2.75) is 39.1 Å². The molecule has 0 spiro atoms. The van der Waals surface area contributed by atoms with E-state index in [1.54, 1.807) is 19.1 Å². The van der Waals surface area contributed by atoms with Crippen LogP contribution in [0.3, 0.4) is 0 Å². The molecule has 0 fully saturated rings. The van der Waals surface area contributed by atoms with Crippen molar-refractivity contribution in [1.29, 1.82) is 0 Å². The zero-order valence-corrected chi connectivity index (χ0v) is 18.1. The van der Waals surface area contributed by atoms with Gasteiger partial charge in [-0.2, -0.15) is 13.2 Å². The van der Waals surface area contributed by atoms with Crippen molar-refractivity contribution in [2.75, 3.05) is 0 Å². The average Bonchev–Trinajstić information content (AvgIpc) is 3.32. The SMILES string of the molecule is Cc1nc(-c2ccc(C(F)(F)F)cc2)oc1Cn1ccc2cccc(OC(C)(C)C(=O)O)c21. The number of hydrogen-bond donors (Lipinski definition) is 1. The van der Waals surface area contributed by atoms with Crippen LogP contribution in [0.2, 0.25) is 0 Å². The van der Waals surface area contributed by atoms with Gasteiger partial charge >= 0.3 is 12.1 Å². The van der Waals surface area contributed by atoms with Gasteiger partial charge in [0.1, 0.15) is 11.5 Å². The number of para-hydroxylation sites is 1. The van der Waals surface area contributed by atoms with Crippen LogP contribution in [0.1, 0.15) is 30.9 Å². The van der Waals surface area contributed by atoms with Crippen LogP contribution in [0, 0.1) is 6.92 Å². The molecular formula is C24H21F3N2O4. The second kappa shape index (κ2) is 7.99. The van der Waals surface area contributed by atoms with E-state index < -0.39 is 23.3 Å². The van der Waals surface area contributed by atoms with E-state index in [-0.39, 0.29) is 12.4 Å². The minimum Gasteiger partial charge on any atom is -0.478 e. The van der Waals surface area contributed by atoms with Crippen molar-refractivity contribution >= 4 is 16.9 Å². The summed E-state index contributed by atoms with van der Waals surface area (Å²) in [7, 11) is 0. The third-order valence-corrected chi connectivity index (χ3v) is 5.30. The van der Waals surface area contributed by atoms with Gasteiger partial charge in [0.25, 0.3) is 0 Å². The lowest BCUT2D eigenvalue weighted by atomic mass is 10.1. The molecule has 0 atom stereocenters. The molecule has 172 valence electrons. The minimum atomic E-state index is -4.42. The highest BCUT2D eigenvalue weighted by molar-refractivity contribution is 5.87. The minimum absolute atomic E-state index is 0.219. The summed E-state index contributed by atoms with van der Waals surface area (Å²) in [6, 6.07) is 11.9. The predicted octanol–water partition coefficient (Wildman–Crippen LogP) is 5.91. The average molecular weight is 458 g/mol. The number of rotatable bonds is 6. The Kier molecular flexibility index (Phi) is 5.43. The summed E-state index contributed by atoms with van der Waals surface area (Å²) in [6.07, 6.45) is -2.59. The summed E-state index contributed by atoms with van der Waals surface area (Å²) in [4.78, 5) is 15.9. The lowest BCUT2D eigenvalue weighted by Gasteiger charge is -2.22. The van der Waals surface area contributed by atoms with Crippen LogP contribution >= 0.6 is 0 Å². The summed E-state index contributed by atoms with van der Waals surface area (Å²) in [5.41, 5.74) is -0.455. The molecule has 2 aromatic carbocycles. The molecule has 0 aliphatic heterocycles. The molecule has 2 aromatic heterocycles. The number of carbonyl (C=O) groups is 1. The van der Waals surface area contributed by atoms with Gasteiger partial charge in [-0.05, 0) is 57.2 Å². The Morgan fingerprint density at radius 1 is 1.12 bits per heavy atom. The number of carboxylic acid groups (broad SMARTS) is 1. The molecule has 0 aliphatic carbocycles. The molecule has 9 heteroatoms. The third kappa shape index (κ3) is 4.44. The fourth-order valence-electron chi connectivity index (χ4n) is 3.41. The van der Waals surface area contributed by atoms with Crippen molar-refractivity contribution in [3.05, 3.63) is 71.7 Å². The predicted molar refractivity (Wildman–Crippen MR) is 115 cm³/mol. The molecule has 0 aliphatic rings. The molecule has 0 radical (unpaired) electrons. The van der Waals surface area contributed by atoms with Crippen LogP contribution in [-0.4, -0.2) is 26.2 Å². The Labute approximate surface area is 187 Å². The summed E-state index contributed by atoms with van der Waals surface area (Å²) in [6.45, 7) is 4.97. The van der Waals surface area contributed by atoms with Crippen molar-refractivity contribution in [2.24, 2.45) is 0 Å². The number of aryl methyl sites for hydroxylation is 1. The van der Waals surface area contributed by atoms with Gasteiger partial charge in [0, 0.05) is 17.1 Å². The number of alkyl halides is 3. The van der Waals surface area contributed by atoms with Crippen LogP contribution < -0.4 is 4.74 Å². The first-order chi connectivity index (χ1) is 15.5. The first-order valence-corrected chi connectivity index (χ1v) is 10.1. The molecule has 0 unspecified atom stereocenters. The van der Waals surface area contributed by atoms with Gasteiger partial charge in [-0.3, -0.25) is 0 Å². The zero-order chi connectivity index (χ0) is 24.0. The fourth-order valence-corrected chi connectivity index (χ4v) is 3.41. The highest BCUT2D eigenvalue weighted by atomic mass is 19.4. The Morgan fingerprint density at radius 3 is 2.45 bits per heavy atom. The Balaban J connectivity index is 1.66. The van der Waals surface area contributed by atoms with Gasteiger partial charge in [0.05, 0.1) is 23.3 Å².